The molecule has 1 saturated carbocycles. The highest BCUT2D eigenvalue weighted by molar-refractivity contribution is 5.99. The topological polar surface area (TPSA) is 96.4 Å². The maximum Gasteiger partial charge on any atom is 0.312 e. The van der Waals surface area contributed by atoms with E-state index in [2.05, 4.69) is 13.2 Å². The van der Waals surface area contributed by atoms with Gasteiger partial charge in [-0.25, -0.2) is 0 Å². The van der Waals surface area contributed by atoms with Crippen molar-refractivity contribution >= 4 is 17.8 Å². The summed E-state index contributed by atoms with van der Waals surface area (Å²) in [4.78, 5) is 46.9. The second-order valence-corrected chi connectivity index (χ2v) is 13.1. The number of hydrogen-bond acceptors (Lipinski definition) is 6. The number of aliphatic hydroxyl groups excluding tert-OH is 1. The van der Waals surface area contributed by atoms with Crippen LogP contribution in [0.3, 0.4) is 0 Å². The van der Waals surface area contributed by atoms with Gasteiger partial charge in [0.2, 0.25) is 11.8 Å². The lowest BCUT2D eigenvalue weighted by molar-refractivity contribution is -0.164. The predicted molar refractivity (Wildman–Crippen MR) is 164 cm³/mol. The lowest BCUT2D eigenvalue weighted by atomic mass is 9.62. The van der Waals surface area contributed by atoms with Crippen LogP contribution in [0.2, 0.25) is 0 Å². The molecule has 0 radical (unpaired) electrons. The van der Waals surface area contributed by atoms with Gasteiger partial charge in [0.1, 0.15) is 17.6 Å². The number of rotatable bonds is 13. The van der Waals surface area contributed by atoms with Crippen LogP contribution in [0.1, 0.15) is 70.8 Å². The zero-order valence-corrected chi connectivity index (χ0v) is 25.8. The third kappa shape index (κ3) is 5.46. The van der Waals surface area contributed by atoms with Crippen LogP contribution in [-0.2, 0) is 30.3 Å². The smallest absolute Gasteiger partial charge is 0.312 e. The molecule has 1 N–H and O–H groups in total. The summed E-state index contributed by atoms with van der Waals surface area (Å²) in [5.41, 5.74) is -1.18. The van der Waals surface area contributed by atoms with Crippen molar-refractivity contribution < 1.29 is 29.0 Å². The van der Waals surface area contributed by atoms with Crippen LogP contribution in [0.4, 0.5) is 0 Å². The van der Waals surface area contributed by atoms with Gasteiger partial charge < -0.3 is 24.4 Å². The number of hydrogen-bond donors (Lipinski definition) is 1. The molecule has 1 spiro atoms. The Morgan fingerprint density at radius 2 is 1.91 bits per heavy atom. The summed E-state index contributed by atoms with van der Waals surface area (Å²) in [6.07, 6.45) is 10.8. The first-order valence-corrected chi connectivity index (χ1v) is 16.1. The van der Waals surface area contributed by atoms with Gasteiger partial charge in [-0.3, -0.25) is 14.4 Å². The van der Waals surface area contributed by atoms with Gasteiger partial charge in [-0.15, -0.1) is 13.2 Å². The van der Waals surface area contributed by atoms with Crippen LogP contribution < -0.4 is 0 Å². The van der Waals surface area contributed by atoms with Crippen molar-refractivity contribution in [2.75, 3.05) is 19.8 Å². The van der Waals surface area contributed by atoms with Crippen molar-refractivity contribution in [2.24, 2.45) is 17.8 Å². The largest absolute Gasteiger partial charge is 0.465 e. The third-order valence-corrected chi connectivity index (χ3v) is 10.6. The molecule has 1 aliphatic carbocycles. The van der Waals surface area contributed by atoms with Crippen molar-refractivity contribution in [3.8, 4) is 0 Å². The Balaban J connectivity index is 1.57. The minimum absolute atomic E-state index is 0.0468. The molecule has 5 rings (SSSR count). The number of ether oxygens (including phenoxy) is 2. The maximum atomic E-state index is 14.9. The molecule has 234 valence electrons. The molecule has 2 amide bonds. The van der Waals surface area contributed by atoms with Crippen molar-refractivity contribution in [1.29, 1.82) is 0 Å². The van der Waals surface area contributed by atoms with Gasteiger partial charge in [0.25, 0.3) is 0 Å². The average Bonchev–Trinajstić information content (AvgIpc) is 3.53. The van der Waals surface area contributed by atoms with E-state index in [9.17, 15) is 19.5 Å². The highest BCUT2D eigenvalue weighted by Crippen LogP contribution is 2.65. The molecule has 3 heterocycles. The Labute approximate surface area is 256 Å². The van der Waals surface area contributed by atoms with E-state index in [4.69, 9.17) is 9.47 Å². The fraction of sp³-hybridized carbons (Fsp3) is 0.629. The number of aliphatic hydroxyl groups is 1. The number of likely N-dealkylation sites (tertiary alicyclic amines) is 1. The van der Waals surface area contributed by atoms with E-state index in [1.165, 1.54) is 0 Å². The Hall–Kier alpha value is -2.97. The second kappa shape index (κ2) is 12.9. The van der Waals surface area contributed by atoms with E-state index < -0.39 is 41.1 Å². The van der Waals surface area contributed by atoms with Crippen molar-refractivity contribution in [3.05, 3.63) is 61.2 Å². The van der Waals surface area contributed by atoms with Gasteiger partial charge in [0.05, 0.1) is 30.8 Å². The van der Waals surface area contributed by atoms with E-state index >= 15 is 0 Å². The lowest BCUT2D eigenvalue weighted by Crippen LogP contribution is -2.60. The SMILES string of the molecule is C=CCCCOC(=O)[C@@H]1[C@H]2C(=O)N([C@@H](CO)Cc3ccccc3)C(C(=O)N(CC=C)C3CCCCC3)C23CC(C)[C@@]1(C)O3. The first kappa shape index (κ1) is 31.5. The normalized spacial score (nSPS) is 32.3. The van der Waals surface area contributed by atoms with Crippen molar-refractivity contribution in [3.63, 3.8) is 0 Å². The summed E-state index contributed by atoms with van der Waals surface area (Å²) in [6.45, 7) is 11.9. The highest BCUT2D eigenvalue weighted by Gasteiger charge is 2.80. The lowest BCUT2D eigenvalue weighted by Gasteiger charge is -2.42. The Bertz CT molecular complexity index is 1200. The van der Waals surface area contributed by atoms with Gasteiger partial charge in [-0.1, -0.05) is 68.7 Å². The van der Waals surface area contributed by atoms with Crippen molar-refractivity contribution in [2.45, 2.75) is 101 Å². The van der Waals surface area contributed by atoms with E-state index in [1.807, 2.05) is 49.1 Å². The van der Waals surface area contributed by atoms with Crippen LogP contribution in [0.5, 0.6) is 0 Å². The molecular weight excluding hydrogens is 544 g/mol. The van der Waals surface area contributed by atoms with E-state index in [0.29, 0.717) is 25.8 Å². The van der Waals surface area contributed by atoms with Gasteiger partial charge in [0.15, 0.2) is 0 Å². The van der Waals surface area contributed by atoms with Gasteiger partial charge >= 0.3 is 5.97 Å². The summed E-state index contributed by atoms with van der Waals surface area (Å²) in [7, 11) is 0. The molecule has 7 atom stereocenters. The summed E-state index contributed by atoms with van der Waals surface area (Å²) in [5, 5.41) is 10.8. The van der Waals surface area contributed by atoms with Crippen LogP contribution in [0, 0.1) is 17.8 Å². The van der Waals surface area contributed by atoms with E-state index in [-0.39, 0.29) is 37.0 Å². The molecule has 3 unspecified atom stereocenters. The minimum atomic E-state index is -1.19. The van der Waals surface area contributed by atoms with Gasteiger partial charge in [-0.05, 0) is 56.9 Å². The number of carbonyl (C=O) groups is 3. The molecule has 8 heteroatoms. The number of unbranched alkanes of at least 4 members (excludes halogenated alkanes) is 1. The Morgan fingerprint density at radius 3 is 2.56 bits per heavy atom. The quantitative estimate of drug-likeness (QED) is 0.207. The first-order valence-electron chi connectivity index (χ1n) is 16.1. The fourth-order valence-electron chi connectivity index (χ4n) is 8.44. The number of esters is 1. The fourth-order valence-corrected chi connectivity index (χ4v) is 8.44. The summed E-state index contributed by atoms with van der Waals surface area (Å²) in [5.74, 6) is -2.72. The maximum absolute atomic E-state index is 14.9. The third-order valence-electron chi connectivity index (χ3n) is 10.6. The van der Waals surface area contributed by atoms with E-state index in [1.54, 1.807) is 17.1 Å². The molecule has 3 saturated heterocycles. The number of nitrogens with zero attached hydrogens (tertiary/aromatic N) is 2. The molecule has 2 bridgehead atoms. The second-order valence-electron chi connectivity index (χ2n) is 13.1. The van der Waals surface area contributed by atoms with Gasteiger partial charge in [-0.2, -0.15) is 0 Å². The molecule has 0 aromatic heterocycles. The Kier molecular flexibility index (Phi) is 9.47. The highest BCUT2D eigenvalue weighted by atomic mass is 16.6. The summed E-state index contributed by atoms with van der Waals surface area (Å²) >= 11 is 0. The summed E-state index contributed by atoms with van der Waals surface area (Å²) < 4.78 is 12.7. The zero-order chi connectivity index (χ0) is 30.8. The average molecular weight is 593 g/mol. The van der Waals surface area contributed by atoms with Crippen LogP contribution in [0.25, 0.3) is 0 Å². The van der Waals surface area contributed by atoms with Crippen LogP contribution in [-0.4, -0.2) is 81.8 Å². The molecule has 1 aromatic carbocycles. The zero-order valence-electron chi connectivity index (χ0n) is 25.8. The molecular formula is C35H48N2O6. The minimum Gasteiger partial charge on any atom is -0.465 e. The molecule has 4 fully saturated rings. The van der Waals surface area contributed by atoms with Gasteiger partial charge in [0, 0.05) is 12.6 Å². The van der Waals surface area contributed by atoms with Crippen LogP contribution >= 0.6 is 0 Å². The number of benzene rings is 1. The van der Waals surface area contributed by atoms with Crippen LogP contribution in [0.15, 0.2) is 55.6 Å². The molecule has 4 aliphatic rings. The van der Waals surface area contributed by atoms with E-state index in [0.717, 1.165) is 44.1 Å². The number of carbonyl (C=O) groups excluding carboxylic acids is 3. The molecule has 1 aromatic rings. The Morgan fingerprint density at radius 1 is 1.19 bits per heavy atom. The van der Waals surface area contributed by atoms with Crippen molar-refractivity contribution in [1.82, 2.24) is 9.80 Å². The number of amides is 2. The predicted octanol–water partition coefficient (Wildman–Crippen LogP) is 4.46. The number of allylic oxidation sites excluding steroid dienone is 1. The standard InChI is InChI=1S/C35H48N2O6/c1-5-7-14-20-42-33(41)29-28-31(39)37(27(23-38)21-25-15-10-8-11-16-25)30(35(28)22-24(3)34(29,4)43-35)32(40)36(19-6-2)26-17-12-9-13-18-26/h5-6,8,10-11,15-16,24,26-30,38H,1-2,7,9,12-14,17-23H2,3-4H3/t24?,27-,28+,29+,30?,34-,35?/m1/s1. The number of fused-ring (bicyclic) bond motifs is 1. The summed E-state index contributed by atoms with van der Waals surface area (Å²) in [6, 6.07) is 8.11. The first-order chi connectivity index (χ1) is 20.7. The molecule has 3 aliphatic heterocycles. The molecule has 8 nitrogen and oxygen atoms in total. The monoisotopic (exact) mass is 592 g/mol. The molecule has 43 heavy (non-hydrogen) atoms.